The lowest BCUT2D eigenvalue weighted by atomic mass is 9.92. The fraction of sp³-hybridized carbons (Fsp3) is 0.652. The Morgan fingerprint density at radius 3 is 2.07 bits per heavy atom. The summed E-state index contributed by atoms with van der Waals surface area (Å²) in [6, 6.07) is 5.76. The summed E-state index contributed by atoms with van der Waals surface area (Å²) < 4.78 is 0. The zero-order chi connectivity index (χ0) is 22.5. The standard InChI is InChI=1S/C23H40N4O2/c1-15(2)17(5)27(21(28)23(6,7)8)14-18-13-19(11-12-20(18)26(9)10)25-22(29)24-16(3)4/h11-13,15-17H,14H2,1-10H3,(H2,24,25,29)/t17-/m0/s1. The molecule has 0 aliphatic heterocycles. The lowest BCUT2D eigenvalue weighted by Crippen LogP contribution is -2.46. The van der Waals surface area contributed by atoms with Crippen molar-refractivity contribution in [2.24, 2.45) is 11.3 Å². The van der Waals surface area contributed by atoms with Crippen LogP contribution in [0.2, 0.25) is 0 Å². The monoisotopic (exact) mass is 404 g/mol. The number of rotatable bonds is 7. The molecule has 164 valence electrons. The van der Waals surface area contributed by atoms with Gasteiger partial charge in [-0.1, -0.05) is 34.6 Å². The number of anilines is 2. The average Bonchev–Trinajstić information content (AvgIpc) is 2.56. The first-order valence-corrected chi connectivity index (χ1v) is 10.4. The highest BCUT2D eigenvalue weighted by atomic mass is 16.2. The first-order chi connectivity index (χ1) is 13.2. The fourth-order valence-corrected chi connectivity index (χ4v) is 3.03. The summed E-state index contributed by atoms with van der Waals surface area (Å²) in [6.07, 6.45) is 0. The molecule has 1 aromatic rings. The molecule has 0 spiro atoms. The van der Waals surface area contributed by atoms with Gasteiger partial charge in [0.05, 0.1) is 0 Å². The van der Waals surface area contributed by atoms with Gasteiger partial charge in [0.2, 0.25) is 5.91 Å². The molecular formula is C23H40N4O2. The summed E-state index contributed by atoms with van der Waals surface area (Å²) >= 11 is 0. The van der Waals surface area contributed by atoms with E-state index in [1.165, 1.54) is 0 Å². The van der Waals surface area contributed by atoms with Crippen molar-refractivity contribution in [1.29, 1.82) is 0 Å². The van der Waals surface area contributed by atoms with Gasteiger partial charge < -0.3 is 20.4 Å². The topological polar surface area (TPSA) is 64.7 Å². The van der Waals surface area contributed by atoms with Crippen molar-refractivity contribution in [3.05, 3.63) is 23.8 Å². The van der Waals surface area contributed by atoms with E-state index in [4.69, 9.17) is 0 Å². The highest BCUT2D eigenvalue weighted by Crippen LogP contribution is 2.29. The van der Waals surface area contributed by atoms with E-state index in [-0.39, 0.29) is 24.0 Å². The number of nitrogens with one attached hydrogen (secondary N) is 2. The summed E-state index contributed by atoms with van der Waals surface area (Å²) in [6.45, 7) is 16.6. The number of benzene rings is 1. The smallest absolute Gasteiger partial charge is 0.319 e. The number of amides is 3. The van der Waals surface area contributed by atoms with Crippen molar-refractivity contribution in [2.45, 2.75) is 74.0 Å². The van der Waals surface area contributed by atoms with E-state index in [1.54, 1.807) is 0 Å². The predicted molar refractivity (Wildman–Crippen MR) is 122 cm³/mol. The summed E-state index contributed by atoms with van der Waals surface area (Å²) in [5, 5.41) is 5.73. The van der Waals surface area contributed by atoms with E-state index in [9.17, 15) is 9.59 Å². The van der Waals surface area contributed by atoms with Gasteiger partial charge in [0.15, 0.2) is 0 Å². The highest BCUT2D eigenvalue weighted by molar-refractivity contribution is 5.90. The minimum atomic E-state index is -0.464. The molecule has 1 rings (SSSR count). The molecule has 0 unspecified atom stereocenters. The molecule has 3 amide bonds. The van der Waals surface area contributed by atoms with Crippen molar-refractivity contribution in [2.75, 3.05) is 24.3 Å². The lowest BCUT2D eigenvalue weighted by Gasteiger charge is -2.37. The molecule has 1 atom stereocenters. The van der Waals surface area contributed by atoms with Crippen molar-refractivity contribution in [3.8, 4) is 0 Å². The van der Waals surface area contributed by atoms with Gasteiger partial charge in [-0.05, 0) is 50.5 Å². The Hall–Kier alpha value is -2.24. The molecule has 0 heterocycles. The maximum Gasteiger partial charge on any atom is 0.319 e. The molecule has 2 N–H and O–H groups in total. The Morgan fingerprint density at radius 2 is 1.62 bits per heavy atom. The molecule has 0 aliphatic carbocycles. The Morgan fingerprint density at radius 1 is 1.03 bits per heavy atom. The molecule has 0 saturated heterocycles. The van der Waals surface area contributed by atoms with Gasteiger partial charge in [0.1, 0.15) is 0 Å². The van der Waals surface area contributed by atoms with Crippen molar-refractivity contribution >= 4 is 23.3 Å². The van der Waals surface area contributed by atoms with Gasteiger partial charge in [0.25, 0.3) is 0 Å². The second-order valence-corrected chi connectivity index (χ2v) is 9.66. The molecular weight excluding hydrogens is 364 g/mol. The summed E-state index contributed by atoms with van der Waals surface area (Å²) in [5.41, 5.74) is 2.28. The lowest BCUT2D eigenvalue weighted by molar-refractivity contribution is -0.143. The first-order valence-electron chi connectivity index (χ1n) is 10.4. The molecule has 0 aromatic heterocycles. The van der Waals surface area contributed by atoms with Gasteiger partial charge in [0, 0.05) is 49.5 Å². The predicted octanol–water partition coefficient (Wildman–Crippen LogP) is 4.70. The Labute approximate surface area is 177 Å². The number of carbonyl (C=O) groups is 2. The molecule has 1 aromatic carbocycles. The third kappa shape index (κ3) is 7.26. The maximum absolute atomic E-state index is 13.2. The van der Waals surface area contributed by atoms with E-state index in [0.29, 0.717) is 18.2 Å². The van der Waals surface area contributed by atoms with Crippen LogP contribution in [0.15, 0.2) is 18.2 Å². The SMILES string of the molecule is CC(C)NC(=O)Nc1ccc(N(C)C)c(CN(C(=O)C(C)(C)C)[C@@H](C)C(C)C)c1. The van der Waals surface area contributed by atoms with E-state index < -0.39 is 5.41 Å². The quantitative estimate of drug-likeness (QED) is 0.692. The van der Waals surface area contributed by atoms with Crippen molar-refractivity contribution < 1.29 is 9.59 Å². The second-order valence-electron chi connectivity index (χ2n) is 9.66. The van der Waals surface area contributed by atoms with Gasteiger partial charge >= 0.3 is 6.03 Å². The van der Waals surface area contributed by atoms with Gasteiger partial charge in [-0.15, -0.1) is 0 Å². The maximum atomic E-state index is 13.2. The number of hydrogen-bond acceptors (Lipinski definition) is 3. The van der Waals surface area contributed by atoms with Gasteiger partial charge in [-0.2, -0.15) is 0 Å². The minimum absolute atomic E-state index is 0.0577. The third-order valence-corrected chi connectivity index (χ3v) is 4.94. The van der Waals surface area contributed by atoms with Gasteiger partial charge in [-0.3, -0.25) is 4.79 Å². The summed E-state index contributed by atoms with van der Waals surface area (Å²) in [4.78, 5) is 29.3. The van der Waals surface area contributed by atoms with Crippen LogP contribution >= 0.6 is 0 Å². The Kier molecular flexibility index (Phi) is 8.54. The van der Waals surface area contributed by atoms with Crippen LogP contribution in [0.3, 0.4) is 0 Å². The second kappa shape index (κ2) is 9.99. The van der Waals surface area contributed by atoms with Gasteiger partial charge in [-0.25, -0.2) is 4.79 Å². The highest BCUT2D eigenvalue weighted by Gasteiger charge is 2.32. The first kappa shape index (κ1) is 24.8. The largest absolute Gasteiger partial charge is 0.377 e. The minimum Gasteiger partial charge on any atom is -0.377 e. The molecule has 0 bridgehead atoms. The van der Waals surface area contributed by atoms with E-state index in [0.717, 1.165) is 11.3 Å². The van der Waals surface area contributed by atoms with Crippen LogP contribution in [0.5, 0.6) is 0 Å². The van der Waals surface area contributed by atoms with Crippen LogP contribution in [0.25, 0.3) is 0 Å². The van der Waals surface area contributed by atoms with Crippen molar-refractivity contribution in [3.63, 3.8) is 0 Å². The van der Waals surface area contributed by atoms with Crippen molar-refractivity contribution in [1.82, 2.24) is 10.2 Å². The number of carbonyl (C=O) groups excluding carboxylic acids is 2. The summed E-state index contributed by atoms with van der Waals surface area (Å²) in [7, 11) is 3.97. The number of urea groups is 1. The molecule has 6 nitrogen and oxygen atoms in total. The van der Waals surface area contributed by atoms with E-state index in [2.05, 4.69) is 31.4 Å². The van der Waals surface area contributed by atoms with Crippen LogP contribution in [-0.4, -0.2) is 43.0 Å². The van der Waals surface area contributed by atoms with E-state index in [1.807, 2.05) is 76.7 Å². The van der Waals surface area contributed by atoms with Crippen LogP contribution in [0.1, 0.15) is 61.0 Å². The average molecular weight is 405 g/mol. The zero-order valence-electron chi connectivity index (χ0n) is 19.9. The number of nitrogens with zero attached hydrogens (tertiary/aromatic N) is 2. The van der Waals surface area contributed by atoms with Crippen LogP contribution in [0.4, 0.5) is 16.2 Å². The molecule has 29 heavy (non-hydrogen) atoms. The van der Waals surface area contributed by atoms with Crippen LogP contribution < -0.4 is 15.5 Å². The molecule has 0 aliphatic rings. The number of hydrogen-bond donors (Lipinski definition) is 2. The Balaban J connectivity index is 3.30. The Bertz CT molecular complexity index is 705. The van der Waals surface area contributed by atoms with Crippen LogP contribution in [0, 0.1) is 11.3 Å². The molecule has 0 radical (unpaired) electrons. The fourth-order valence-electron chi connectivity index (χ4n) is 3.03. The molecule has 0 fully saturated rings. The normalized spacial score (nSPS) is 12.7. The zero-order valence-corrected chi connectivity index (χ0v) is 19.9. The summed E-state index contributed by atoms with van der Waals surface area (Å²) in [5.74, 6) is 0.460. The molecule has 0 saturated carbocycles. The van der Waals surface area contributed by atoms with E-state index >= 15 is 0 Å². The third-order valence-electron chi connectivity index (χ3n) is 4.94. The molecule has 6 heteroatoms. The van der Waals surface area contributed by atoms with Crippen LogP contribution in [-0.2, 0) is 11.3 Å².